The van der Waals surface area contributed by atoms with Gasteiger partial charge in [0.15, 0.2) is 0 Å². The van der Waals surface area contributed by atoms with Gasteiger partial charge in [-0.05, 0) is 43.6 Å². The number of fused-ring (bicyclic) bond motifs is 1. The van der Waals surface area contributed by atoms with E-state index < -0.39 is 5.91 Å². The summed E-state index contributed by atoms with van der Waals surface area (Å²) in [4.78, 5) is 26.7. The Kier molecular flexibility index (Phi) is 4.88. The number of carbonyl (C=O) groups excluding carboxylic acids is 2. The molecule has 2 amide bonds. The fourth-order valence-corrected chi connectivity index (χ4v) is 4.06. The summed E-state index contributed by atoms with van der Waals surface area (Å²) in [5.41, 5.74) is 9.76. The first-order chi connectivity index (χ1) is 13.6. The van der Waals surface area contributed by atoms with Gasteiger partial charge in [0.2, 0.25) is 5.91 Å². The summed E-state index contributed by atoms with van der Waals surface area (Å²) in [7, 11) is 2.06. The lowest BCUT2D eigenvalue weighted by molar-refractivity contribution is -0.110. The first-order valence-electron chi connectivity index (χ1n) is 9.55. The number of nitrogens with two attached hydrogens (primary N) is 1. The Bertz CT molecular complexity index is 946. The van der Waals surface area contributed by atoms with Crippen LogP contribution >= 0.6 is 0 Å². The number of amides is 2. The van der Waals surface area contributed by atoms with Gasteiger partial charge in [-0.1, -0.05) is 36.4 Å². The van der Waals surface area contributed by atoms with E-state index in [1.807, 2.05) is 36.4 Å². The number of hydrogen-bond donors (Lipinski definition) is 3. The Morgan fingerprint density at radius 3 is 2.46 bits per heavy atom. The van der Waals surface area contributed by atoms with Gasteiger partial charge < -0.3 is 21.3 Å². The fourth-order valence-electron chi connectivity index (χ4n) is 4.06. The van der Waals surface area contributed by atoms with Crippen molar-refractivity contribution >= 4 is 28.8 Å². The molecule has 6 nitrogen and oxygen atoms in total. The SMILES string of the molecule is CN(C(=C1C(=O)Nc2cc(C(N)=O)ccc21)c1ccccc1)C1CCNCC1. The number of nitrogens with one attached hydrogen (secondary N) is 2. The van der Waals surface area contributed by atoms with Crippen LogP contribution in [0.15, 0.2) is 48.5 Å². The summed E-state index contributed by atoms with van der Waals surface area (Å²) in [6, 6.07) is 15.5. The van der Waals surface area contributed by atoms with E-state index in [0.717, 1.165) is 42.8 Å². The van der Waals surface area contributed by atoms with Crippen LogP contribution in [0.2, 0.25) is 0 Å². The minimum absolute atomic E-state index is 0.156. The molecule has 6 heteroatoms. The van der Waals surface area contributed by atoms with E-state index in [9.17, 15) is 9.59 Å². The zero-order chi connectivity index (χ0) is 19.7. The maximum Gasteiger partial charge on any atom is 0.258 e. The standard InChI is InChI=1S/C22H24N4O2/c1-26(16-9-11-24-12-10-16)20(14-5-3-2-4-6-14)19-17-8-7-15(21(23)27)13-18(17)25-22(19)28/h2-8,13,16,24H,9-12H2,1H3,(H2,23,27)(H,25,28). The average Bonchev–Trinajstić information content (AvgIpc) is 3.04. The first-order valence-corrected chi connectivity index (χ1v) is 9.55. The third-order valence-electron chi connectivity index (χ3n) is 5.54. The van der Waals surface area contributed by atoms with Gasteiger partial charge in [0.05, 0.1) is 11.3 Å². The van der Waals surface area contributed by atoms with Crippen molar-refractivity contribution in [1.29, 1.82) is 0 Å². The number of primary amides is 1. The maximum absolute atomic E-state index is 13.0. The molecule has 4 rings (SSSR count). The second-order valence-electron chi connectivity index (χ2n) is 7.26. The molecule has 0 aromatic heterocycles. The molecule has 0 bridgehead atoms. The highest BCUT2D eigenvalue weighted by Crippen LogP contribution is 2.39. The molecule has 0 atom stereocenters. The molecule has 2 aromatic carbocycles. The van der Waals surface area contributed by atoms with Crippen molar-refractivity contribution in [1.82, 2.24) is 10.2 Å². The zero-order valence-electron chi connectivity index (χ0n) is 15.9. The van der Waals surface area contributed by atoms with E-state index in [2.05, 4.69) is 22.6 Å². The van der Waals surface area contributed by atoms with Crippen LogP contribution in [0.4, 0.5) is 5.69 Å². The Morgan fingerprint density at radius 1 is 1.07 bits per heavy atom. The topological polar surface area (TPSA) is 87.5 Å². The smallest absolute Gasteiger partial charge is 0.258 e. The normalized spacial score (nSPS) is 18.4. The van der Waals surface area contributed by atoms with Gasteiger partial charge in [-0.2, -0.15) is 0 Å². The lowest BCUT2D eigenvalue weighted by Gasteiger charge is -2.36. The highest BCUT2D eigenvalue weighted by molar-refractivity contribution is 6.36. The van der Waals surface area contributed by atoms with E-state index in [4.69, 9.17) is 5.73 Å². The summed E-state index contributed by atoms with van der Waals surface area (Å²) >= 11 is 0. The monoisotopic (exact) mass is 376 g/mol. The third kappa shape index (κ3) is 3.27. The quantitative estimate of drug-likeness (QED) is 0.715. The Labute approximate surface area is 164 Å². The fraction of sp³-hybridized carbons (Fsp3) is 0.273. The maximum atomic E-state index is 13.0. The van der Waals surface area contributed by atoms with Crippen molar-refractivity contribution in [2.24, 2.45) is 5.73 Å². The van der Waals surface area contributed by atoms with Gasteiger partial charge in [0.25, 0.3) is 5.91 Å². The lowest BCUT2D eigenvalue weighted by Crippen LogP contribution is -2.40. The average molecular weight is 376 g/mol. The van der Waals surface area contributed by atoms with E-state index >= 15 is 0 Å². The molecule has 2 aliphatic rings. The number of benzene rings is 2. The van der Waals surface area contributed by atoms with Crippen molar-refractivity contribution in [2.45, 2.75) is 18.9 Å². The number of nitrogens with zero attached hydrogens (tertiary/aromatic N) is 1. The number of hydrogen-bond acceptors (Lipinski definition) is 4. The first kappa shape index (κ1) is 18.3. The van der Waals surface area contributed by atoms with Crippen LogP contribution in [0, 0.1) is 0 Å². The largest absolute Gasteiger partial charge is 0.370 e. The minimum Gasteiger partial charge on any atom is -0.370 e. The second-order valence-corrected chi connectivity index (χ2v) is 7.26. The molecule has 0 unspecified atom stereocenters. The van der Waals surface area contributed by atoms with Crippen LogP contribution in [-0.2, 0) is 4.79 Å². The van der Waals surface area contributed by atoms with Gasteiger partial charge in [-0.25, -0.2) is 0 Å². The van der Waals surface area contributed by atoms with Crippen molar-refractivity contribution in [3.05, 3.63) is 65.2 Å². The van der Waals surface area contributed by atoms with Crippen LogP contribution in [0.5, 0.6) is 0 Å². The molecule has 2 aromatic rings. The molecule has 0 radical (unpaired) electrons. The molecule has 1 fully saturated rings. The third-order valence-corrected chi connectivity index (χ3v) is 5.54. The van der Waals surface area contributed by atoms with Crippen LogP contribution in [0.25, 0.3) is 11.3 Å². The molecule has 1 saturated heterocycles. The van der Waals surface area contributed by atoms with Crippen LogP contribution in [0.1, 0.15) is 34.3 Å². The Morgan fingerprint density at radius 2 is 1.79 bits per heavy atom. The van der Waals surface area contributed by atoms with Gasteiger partial charge in [0.1, 0.15) is 0 Å². The predicted molar refractivity (Wildman–Crippen MR) is 111 cm³/mol. The van der Waals surface area contributed by atoms with Crippen molar-refractivity contribution in [3.8, 4) is 0 Å². The van der Waals surface area contributed by atoms with Gasteiger partial charge in [0, 0.05) is 29.9 Å². The molecule has 2 aliphatic heterocycles. The van der Waals surface area contributed by atoms with Crippen molar-refractivity contribution in [3.63, 3.8) is 0 Å². The van der Waals surface area contributed by atoms with Crippen LogP contribution < -0.4 is 16.4 Å². The second kappa shape index (κ2) is 7.48. The predicted octanol–water partition coefficient (Wildman–Crippen LogP) is 2.29. The van der Waals surface area contributed by atoms with Crippen LogP contribution in [0.3, 0.4) is 0 Å². The highest BCUT2D eigenvalue weighted by atomic mass is 16.2. The van der Waals surface area contributed by atoms with E-state index in [1.54, 1.807) is 12.1 Å². The number of rotatable bonds is 4. The van der Waals surface area contributed by atoms with Crippen molar-refractivity contribution in [2.75, 3.05) is 25.5 Å². The summed E-state index contributed by atoms with van der Waals surface area (Å²) in [5.74, 6) is -0.666. The molecule has 2 heterocycles. The van der Waals surface area contributed by atoms with Gasteiger partial charge in [-0.3, -0.25) is 9.59 Å². The van der Waals surface area contributed by atoms with Crippen LogP contribution in [-0.4, -0.2) is 42.9 Å². The molecule has 28 heavy (non-hydrogen) atoms. The molecular weight excluding hydrogens is 352 g/mol. The number of anilines is 1. The van der Waals surface area contributed by atoms with E-state index in [-0.39, 0.29) is 5.91 Å². The molecule has 0 aliphatic carbocycles. The summed E-state index contributed by atoms with van der Waals surface area (Å²) in [6.45, 7) is 1.94. The molecular formula is C22H24N4O2. The number of carbonyl (C=O) groups is 2. The summed E-state index contributed by atoms with van der Waals surface area (Å²) in [5, 5.41) is 6.30. The molecule has 0 spiro atoms. The zero-order valence-corrected chi connectivity index (χ0v) is 15.9. The Hall–Kier alpha value is -3.12. The molecule has 4 N–H and O–H groups in total. The minimum atomic E-state index is -0.510. The Balaban J connectivity index is 1.87. The van der Waals surface area contributed by atoms with Gasteiger partial charge >= 0.3 is 0 Å². The highest BCUT2D eigenvalue weighted by Gasteiger charge is 2.32. The van der Waals surface area contributed by atoms with Gasteiger partial charge in [-0.15, -0.1) is 0 Å². The summed E-state index contributed by atoms with van der Waals surface area (Å²) < 4.78 is 0. The van der Waals surface area contributed by atoms with Crippen molar-refractivity contribution < 1.29 is 9.59 Å². The molecule has 0 saturated carbocycles. The number of piperidine rings is 1. The molecule has 144 valence electrons. The van der Waals surface area contributed by atoms with E-state index in [0.29, 0.717) is 22.9 Å². The van der Waals surface area contributed by atoms with E-state index in [1.165, 1.54) is 0 Å². The summed E-state index contributed by atoms with van der Waals surface area (Å²) in [6.07, 6.45) is 2.05. The lowest BCUT2D eigenvalue weighted by atomic mass is 9.96.